The van der Waals surface area contributed by atoms with Gasteiger partial charge in [-0.05, 0) is 46.0 Å². The maximum atomic E-state index is 12.3. The van der Waals surface area contributed by atoms with Gasteiger partial charge in [0.15, 0.2) is 12.2 Å². The summed E-state index contributed by atoms with van der Waals surface area (Å²) in [6.45, 7) is 11.2. The molecule has 5 aliphatic rings. The summed E-state index contributed by atoms with van der Waals surface area (Å²) >= 11 is 0. The molecule has 5 rings (SSSR count). The van der Waals surface area contributed by atoms with Gasteiger partial charge in [-0.3, -0.25) is 9.59 Å². The van der Waals surface area contributed by atoms with Gasteiger partial charge in [0.25, 0.3) is 0 Å². The number of esters is 4. The lowest BCUT2D eigenvalue weighted by Gasteiger charge is -2.23. The van der Waals surface area contributed by atoms with Crippen LogP contribution < -0.4 is 0 Å². The summed E-state index contributed by atoms with van der Waals surface area (Å²) in [6.07, 6.45) is -5.32. The smallest absolute Gasteiger partial charge is 0.422 e. The van der Waals surface area contributed by atoms with E-state index in [2.05, 4.69) is 30.0 Å². The van der Waals surface area contributed by atoms with Crippen LogP contribution in [-0.2, 0) is 42.9 Å². The van der Waals surface area contributed by atoms with Crippen LogP contribution in [0.15, 0.2) is 36.5 Å². The van der Waals surface area contributed by atoms with Crippen LogP contribution in [0.4, 0.5) is 26.3 Å². The van der Waals surface area contributed by atoms with Crippen molar-refractivity contribution in [3.05, 3.63) is 36.5 Å². The highest BCUT2D eigenvalue weighted by Crippen LogP contribution is 2.47. The van der Waals surface area contributed by atoms with Gasteiger partial charge in [0, 0.05) is 12.8 Å². The number of fused-ring (bicyclic) bond motifs is 3. The Kier molecular flexibility index (Phi) is 9.79. The van der Waals surface area contributed by atoms with Gasteiger partial charge >= 0.3 is 36.2 Å². The van der Waals surface area contributed by atoms with Crippen molar-refractivity contribution in [1.29, 1.82) is 0 Å². The molecule has 0 N–H and O–H groups in total. The Morgan fingerprint density at radius 1 is 0.860 bits per heavy atom. The van der Waals surface area contributed by atoms with E-state index in [1.54, 1.807) is 0 Å². The monoisotopic (exact) mass is 626 g/mol. The summed E-state index contributed by atoms with van der Waals surface area (Å²) in [5, 5.41) is 0. The van der Waals surface area contributed by atoms with E-state index < -0.39 is 77.3 Å². The molecule has 4 fully saturated rings. The zero-order valence-corrected chi connectivity index (χ0v) is 23.8. The molecular weight excluding hydrogens is 594 g/mol. The van der Waals surface area contributed by atoms with E-state index in [0.717, 1.165) is 6.42 Å². The topological polar surface area (TPSA) is 114 Å². The number of allylic oxidation sites excluding steroid dienone is 1. The van der Waals surface area contributed by atoms with Gasteiger partial charge < -0.3 is 23.7 Å². The highest BCUT2D eigenvalue weighted by atomic mass is 19.4. The number of hydrogen-bond donors (Lipinski definition) is 0. The standard InChI is InChI=1S/C11H9F3O5.C9H12O2.C8H11F3O2/c1-3(11(12,13)14)9(15)18-7-5-2-4-6(17-5)8(7)19-10(4)16;1-6(10)11-9-5-7-2-3-8(9)4-7;1-5(8(9,10)11)6(12)13-7(2,3)4/h4-8H,1-2H2;2-3,7-9H,4-5H2,1H3;1H2,2-4H3. The Hall–Kier alpha value is -3.36. The number of rotatable bonds is 4. The van der Waals surface area contributed by atoms with Crippen LogP contribution in [-0.4, -0.2) is 72.4 Å². The van der Waals surface area contributed by atoms with Crippen molar-refractivity contribution in [3.8, 4) is 0 Å². The third-order valence-electron chi connectivity index (χ3n) is 7.14. The van der Waals surface area contributed by atoms with Gasteiger partial charge in [-0.15, -0.1) is 0 Å². The minimum absolute atomic E-state index is 0.143. The number of halogens is 6. The molecule has 3 heterocycles. The predicted molar refractivity (Wildman–Crippen MR) is 134 cm³/mol. The van der Waals surface area contributed by atoms with Crippen molar-refractivity contribution in [3.63, 3.8) is 0 Å². The summed E-state index contributed by atoms with van der Waals surface area (Å²) in [5.41, 5.74) is -4.01. The second-order valence-corrected chi connectivity index (χ2v) is 11.6. The van der Waals surface area contributed by atoms with Crippen LogP contribution in [0.1, 0.15) is 47.0 Å². The van der Waals surface area contributed by atoms with Crippen LogP contribution in [0.25, 0.3) is 0 Å². The van der Waals surface area contributed by atoms with Crippen molar-refractivity contribution >= 4 is 23.9 Å². The molecule has 240 valence electrons. The van der Waals surface area contributed by atoms with Crippen LogP contribution >= 0.6 is 0 Å². The fraction of sp³-hybridized carbons (Fsp3) is 0.643. The van der Waals surface area contributed by atoms with Crippen molar-refractivity contribution in [2.24, 2.45) is 17.8 Å². The Balaban J connectivity index is 0.000000186. The molecule has 9 nitrogen and oxygen atoms in total. The molecular formula is C28H32F6O9. The first-order chi connectivity index (χ1) is 19.6. The van der Waals surface area contributed by atoms with Crippen LogP contribution in [0.3, 0.4) is 0 Å². The first-order valence-corrected chi connectivity index (χ1v) is 13.3. The molecule has 43 heavy (non-hydrogen) atoms. The lowest BCUT2D eigenvalue weighted by atomic mass is 9.88. The number of hydrogen-bond acceptors (Lipinski definition) is 9. The van der Waals surface area contributed by atoms with E-state index in [-0.39, 0.29) is 12.1 Å². The average Bonchev–Trinajstić information content (AvgIpc) is 3.65. The van der Waals surface area contributed by atoms with E-state index in [9.17, 15) is 45.5 Å². The van der Waals surface area contributed by atoms with Gasteiger partial charge in [0.05, 0.1) is 12.0 Å². The fourth-order valence-corrected chi connectivity index (χ4v) is 5.23. The van der Waals surface area contributed by atoms with Crippen molar-refractivity contribution < 1.29 is 69.2 Å². The molecule has 8 atom stereocenters. The average molecular weight is 627 g/mol. The van der Waals surface area contributed by atoms with Gasteiger partial charge in [-0.2, -0.15) is 26.3 Å². The Labute approximate surface area is 243 Å². The van der Waals surface area contributed by atoms with Gasteiger partial charge in [-0.25, -0.2) is 9.59 Å². The summed E-state index contributed by atoms with van der Waals surface area (Å²) in [4.78, 5) is 44.1. The summed E-state index contributed by atoms with van der Waals surface area (Å²) in [7, 11) is 0. The van der Waals surface area contributed by atoms with Gasteiger partial charge in [-0.1, -0.05) is 25.3 Å². The molecule has 15 heteroatoms. The van der Waals surface area contributed by atoms with E-state index in [0.29, 0.717) is 18.3 Å². The number of alkyl halides is 6. The highest BCUT2D eigenvalue weighted by Gasteiger charge is 2.65. The van der Waals surface area contributed by atoms with E-state index in [1.807, 2.05) is 0 Å². The van der Waals surface area contributed by atoms with Crippen molar-refractivity contribution in [2.45, 2.75) is 95.4 Å². The largest absolute Gasteiger partial charge is 0.462 e. The summed E-state index contributed by atoms with van der Waals surface area (Å²) in [6, 6.07) is 0. The molecule has 0 aromatic rings. The lowest BCUT2D eigenvalue weighted by Crippen LogP contribution is -2.41. The Morgan fingerprint density at radius 3 is 1.91 bits per heavy atom. The molecule has 3 saturated heterocycles. The number of carbonyl (C=O) groups excluding carboxylic acids is 4. The fourth-order valence-electron chi connectivity index (χ4n) is 5.23. The Morgan fingerprint density at radius 2 is 1.44 bits per heavy atom. The molecule has 8 unspecified atom stereocenters. The molecule has 3 aliphatic heterocycles. The third kappa shape index (κ3) is 8.39. The van der Waals surface area contributed by atoms with Crippen molar-refractivity contribution in [1.82, 2.24) is 0 Å². The summed E-state index contributed by atoms with van der Waals surface area (Å²) in [5.74, 6) is -2.78. The lowest BCUT2D eigenvalue weighted by molar-refractivity contribution is -0.164. The maximum Gasteiger partial charge on any atom is 0.422 e. The molecule has 2 aliphatic carbocycles. The number of ether oxygens (including phenoxy) is 5. The quantitative estimate of drug-likeness (QED) is 0.144. The Bertz CT molecular complexity index is 1180. The second-order valence-electron chi connectivity index (χ2n) is 11.6. The first kappa shape index (κ1) is 34.1. The highest BCUT2D eigenvalue weighted by molar-refractivity contribution is 5.90. The van der Waals surface area contributed by atoms with Crippen LogP contribution in [0.2, 0.25) is 0 Å². The van der Waals surface area contributed by atoms with E-state index in [1.165, 1.54) is 34.1 Å². The molecule has 4 bridgehead atoms. The SMILES string of the molecule is C=C(C(=O)OC(C)(C)C)C(F)(F)F.C=C(C(=O)OC1C2CC3C(=O)OC1C3O2)C(F)(F)F.CC(=O)OC1CC2C=CC1C2. The summed E-state index contributed by atoms with van der Waals surface area (Å²) < 4.78 is 97.2. The molecule has 1 saturated carbocycles. The molecule has 0 amide bonds. The predicted octanol–water partition coefficient (Wildman–Crippen LogP) is 4.69. The molecule has 0 aromatic heterocycles. The minimum Gasteiger partial charge on any atom is -0.462 e. The van der Waals surface area contributed by atoms with Crippen LogP contribution in [0, 0.1) is 17.8 Å². The van der Waals surface area contributed by atoms with Crippen LogP contribution in [0.5, 0.6) is 0 Å². The number of carbonyl (C=O) groups is 4. The van der Waals surface area contributed by atoms with Gasteiger partial charge in [0.2, 0.25) is 0 Å². The normalized spacial score (nSPS) is 31.3. The van der Waals surface area contributed by atoms with Crippen molar-refractivity contribution in [2.75, 3.05) is 0 Å². The minimum atomic E-state index is -4.84. The molecule has 0 spiro atoms. The molecule has 0 aromatic carbocycles. The van der Waals surface area contributed by atoms with E-state index in [4.69, 9.17) is 18.9 Å². The zero-order chi connectivity index (χ0) is 32.7. The van der Waals surface area contributed by atoms with E-state index >= 15 is 0 Å². The maximum absolute atomic E-state index is 12.3. The second kappa shape index (κ2) is 12.3. The zero-order valence-electron chi connectivity index (χ0n) is 23.8. The molecule has 0 radical (unpaired) electrons. The first-order valence-electron chi connectivity index (χ1n) is 13.3. The van der Waals surface area contributed by atoms with Gasteiger partial charge in [0.1, 0.15) is 29.0 Å². The third-order valence-corrected chi connectivity index (χ3v) is 7.14.